The standard InChI is InChI=1S/C27H31N7/c1-17-14-33(25-6-5-19(12-28)27-23(25)4-3-8-30-27)16-22-10-21(15-34(17)22)32-26-11-24-18(2)29-9-7-20(24)13-31-26/h3-6,8,11,13,17-18,21-22,29H,7,9-10,14-16H2,1-2H3,(H,31,32)/t17-,18?,21-,22+/m1/s1. The van der Waals surface area contributed by atoms with Crippen LogP contribution in [-0.2, 0) is 6.42 Å². The van der Waals surface area contributed by atoms with Crippen molar-refractivity contribution in [3.63, 3.8) is 0 Å². The predicted octanol–water partition coefficient (Wildman–Crippen LogP) is 3.47. The summed E-state index contributed by atoms with van der Waals surface area (Å²) in [4.78, 5) is 14.4. The third kappa shape index (κ3) is 3.67. The van der Waals surface area contributed by atoms with Crippen molar-refractivity contribution in [1.29, 1.82) is 5.26 Å². The molecule has 0 radical (unpaired) electrons. The maximum atomic E-state index is 9.51. The van der Waals surface area contributed by atoms with E-state index in [2.05, 4.69) is 69.7 Å². The van der Waals surface area contributed by atoms with Crippen molar-refractivity contribution < 1.29 is 0 Å². The van der Waals surface area contributed by atoms with E-state index in [1.807, 2.05) is 12.1 Å². The zero-order valence-corrected chi connectivity index (χ0v) is 19.8. The van der Waals surface area contributed by atoms with Gasteiger partial charge >= 0.3 is 0 Å². The Bertz CT molecular complexity index is 1270. The molecule has 2 fully saturated rings. The highest BCUT2D eigenvalue weighted by molar-refractivity contribution is 5.95. The highest BCUT2D eigenvalue weighted by atomic mass is 15.3. The van der Waals surface area contributed by atoms with Crippen molar-refractivity contribution >= 4 is 22.4 Å². The van der Waals surface area contributed by atoms with Gasteiger partial charge in [-0.3, -0.25) is 9.88 Å². The Morgan fingerprint density at radius 2 is 2.06 bits per heavy atom. The number of pyridine rings is 2. The number of fused-ring (bicyclic) bond motifs is 3. The normalized spacial score (nSPS) is 26.7. The molecule has 34 heavy (non-hydrogen) atoms. The zero-order chi connectivity index (χ0) is 23.2. The van der Waals surface area contributed by atoms with Crippen LogP contribution in [0.5, 0.6) is 0 Å². The SMILES string of the molecule is CC1NCCc2cnc(N[C@@H]3C[C@H]4CN(c5ccc(C#N)c6ncccc56)C[C@@H](C)N4C3)cc21. The van der Waals surface area contributed by atoms with Crippen LogP contribution >= 0.6 is 0 Å². The Kier molecular flexibility index (Phi) is 5.35. The molecule has 0 aliphatic carbocycles. The summed E-state index contributed by atoms with van der Waals surface area (Å²) in [5, 5.41) is 17.9. The fraction of sp³-hybridized carbons (Fsp3) is 0.444. The van der Waals surface area contributed by atoms with Gasteiger partial charge in [0.25, 0.3) is 0 Å². The maximum absolute atomic E-state index is 9.51. The van der Waals surface area contributed by atoms with Gasteiger partial charge < -0.3 is 15.5 Å². The molecular formula is C27H31N7. The first-order valence-corrected chi connectivity index (χ1v) is 12.4. The molecule has 0 amide bonds. The summed E-state index contributed by atoms with van der Waals surface area (Å²) in [6.45, 7) is 8.59. The monoisotopic (exact) mass is 453 g/mol. The number of nitriles is 1. The fourth-order valence-corrected chi connectivity index (χ4v) is 6.17. The van der Waals surface area contributed by atoms with Crippen molar-refractivity contribution in [1.82, 2.24) is 20.2 Å². The Balaban J connectivity index is 1.21. The number of hydrogen-bond donors (Lipinski definition) is 2. The Hall–Kier alpha value is -3.21. The quantitative estimate of drug-likeness (QED) is 0.629. The highest BCUT2D eigenvalue weighted by Gasteiger charge is 2.40. The second-order valence-electron chi connectivity index (χ2n) is 10.0. The fourth-order valence-electron chi connectivity index (χ4n) is 6.17. The molecule has 3 aliphatic heterocycles. The number of nitrogens with one attached hydrogen (secondary N) is 2. The Morgan fingerprint density at radius 3 is 2.94 bits per heavy atom. The lowest BCUT2D eigenvalue weighted by atomic mass is 9.97. The van der Waals surface area contributed by atoms with E-state index in [1.54, 1.807) is 6.20 Å². The van der Waals surface area contributed by atoms with Crippen molar-refractivity contribution in [3.8, 4) is 6.07 Å². The Labute approximate surface area is 200 Å². The molecule has 6 rings (SSSR count). The van der Waals surface area contributed by atoms with Crippen LogP contribution in [0.3, 0.4) is 0 Å². The van der Waals surface area contributed by atoms with Crippen LogP contribution in [-0.4, -0.2) is 59.2 Å². The maximum Gasteiger partial charge on any atom is 0.126 e. The predicted molar refractivity (Wildman–Crippen MR) is 135 cm³/mol. The van der Waals surface area contributed by atoms with Crippen LogP contribution in [0, 0.1) is 11.3 Å². The first kappa shape index (κ1) is 21.3. The van der Waals surface area contributed by atoms with E-state index in [-0.39, 0.29) is 0 Å². The van der Waals surface area contributed by atoms with E-state index in [0.717, 1.165) is 55.7 Å². The number of aromatic nitrogens is 2. The number of hydrogen-bond acceptors (Lipinski definition) is 7. The summed E-state index contributed by atoms with van der Waals surface area (Å²) in [6, 6.07) is 14.3. The third-order valence-electron chi connectivity index (χ3n) is 7.83. The molecular weight excluding hydrogens is 422 g/mol. The van der Waals surface area contributed by atoms with Crippen LogP contribution in [0.2, 0.25) is 0 Å². The number of rotatable bonds is 3. The van der Waals surface area contributed by atoms with Gasteiger partial charge in [-0.25, -0.2) is 4.98 Å². The van der Waals surface area contributed by atoms with E-state index in [4.69, 9.17) is 4.98 Å². The van der Waals surface area contributed by atoms with E-state index in [1.165, 1.54) is 16.8 Å². The minimum atomic E-state index is 0.382. The average molecular weight is 454 g/mol. The van der Waals surface area contributed by atoms with Crippen LogP contribution in [0.1, 0.15) is 43.0 Å². The van der Waals surface area contributed by atoms with Gasteiger partial charge in [-0.15, -0.1) is 0 Å². The van der Waals surface area contributed by atoms with Crippen molar-refractivity contribution in [3.05, 3.63) is 59.4 Å². The first-order valence-electron chi connectivity index (χ1n) is 12.4. The molecule has 2 saturated heterocycles. The summed E-state index contributed by atoms with van der Waals surface area (Å²) >= 11 is 0. The molecule has 0 spiro atoms. The van der Waals surface area contributed by atoms with Gasteiger partial charge in [-0.1, -0.05) is 0 Å². The van der Waals surface area contributed by atoms with Gasteiger partial charge in [0.2, 0.25) is 0 Å². The van der Waals surface area contributed by atoms with E-state index in [0.29, 0.717) is 29.7 Å². The Morgan fingerprint density at radius 1 is 1.15 bits per heavy atom. The molecule has 0 bridgehead atoms. The van der Waals surface area contributed by atoms with Crippen molar-refractivity contribution in [2.45, 2.75) is 50.9 Å². The van der Waals surface area contributed by atoms with Crippen LogP contribution in [0.15, 0.2) is 42.7 Å². The molecule has 1 aromatic carbocycles. The molecule has 3 aliphatic rings. The summed E-state index contributed by atoms with van der Waals surface area (Å²) in [5.41, 5.74) is 5.36. The second kappa shape index (κ2) is 8.53. The molecule has 2 aromatic heterocycles. The molecule has 7 heteroatoms. The lowest BCUT2D eigenvalue weighted by Crippen LogP contribution is -2.55. The lowest BCUT2D eigenvalue weighted by Gasteiger charge is -2.43. The largest absolute Gasteiger partial charge is 0.368 e. The highest BCUT2D eigenvalue weighted by Crippen LogP contribution is 2.34. The third-order valence-corrected chi connectivity index (χ3v) is 7.83. The summed E-state index contributed by atoms with van der Waals surface area (Å²) in [7, 11) is 0. The number of piperazine rings is 1. The van der Waals surface area contributed by atoms with E-state index < -0.39 is 0 Å². The van der Waals surface area contributed by atoms with E-state index in [9.17, 15) is 5.26 Å². The van der Waals surface area contributed by atoms with Crippen LogP contribution in [0.25, 0.3) is 10.9 Å². The topological polar surface area (TPSA) is 80.1 Å². The number of anilines is 2. The molecule has 5 heterocycles. The van der Waals surface area contributed by atoms with Crippen LogP contribution < -0.4 is 15.5 Å². The molecule has 7 nitrogen and oxygen atoms in total. The average Bonchev–Trinajstić information content (AvgIpc) is 3.27. The van der Waals surface area contributed by atoms with E-state index >= 15 is 0 Å². The molecule has 3 aromatic rings. The molecule has 1 unspecified atom stereocenters. The molecule has 4 atom stereocenters. The second-order valence-corrected chi connectivity index (χ2v) is 10.0. The summed E-state index contributed by atoms with van der Waals surface area (Å²) in [5.74, 6) is 0.993. The molecule has 0 saturated carbocycles. The minimum absolute atomic E-state index is 0.382. The van der Waals surface area contributed by atoms with Gasteiger partial charge in [0.05, 0.1) is 11.1 Å². The first-order chi connectivity index (χ1) is 16.6. The van der Waals surface area contributed by atoms with Gasteiger partial charge in [0.15, 0.2) is 0 Å². The van der Waals surface area contributed by atoms with Gasteiger partial charge in [0, 0.05) is 67.3 Å². The van der Waals surface area contributed by atoms with Crippen molar-refractivity contribution in [2.75, 3.05) is 36.4 Å². The molecule has 2 N–H and O–H groups in total. The smallest absolute Gasteiger partial charge is 0.126 e. The zero-order valence-electron chi connectivity index (χ0n) is 19.8. The van der Waals surface area contributed by atoms with Gasteiger partial charge in [0.1, 0.15) is 11.9 Å². The summed E-state index contributed by atoms with van der Waals surface area (Å²) in [6.07, 6.45) is 5.98. The minimum Gasteiger partial charge on any atom is -0.368 e. The van der Waals surface area contributed by atoms with Gasteiger partial charge in [-0.2, -0.15) is 5.26 Å². The summed E-state index contributed by atoms with van der Waals surface area (Å²) < 4.78 is 0. The van der Waals surface area contributed by atoms with Gasteiger partial charge in [-0.05, 0) is 74.7 Å². The lowest BCUT2D eigenvalue weighted by molar-refractivity contribution is 0.166. The van der Waals surface area contributed by atoms with Crippen molar-refractivity contribution in [2.24, 2.45) is 0 Å². The van der Waals surface area contributed by atoms with Crippen LogP contribution in [0.4, 0.5) is 11.5 Å². The number of nitrogens with zero attached hydrogens (tertiary/aromatic N) is 5. The molecule has 174 valence electrons. The number of benzene rings is 1.